The zero-order valence-electron chi connectivity index (χ0n) is 11.6. The van der Waals surface area contributed by atoms with E-state index in [1.54, 1.807) is 12.1 Å². The van der Waals surface area contributed by atoms with Gasteiger partial charge in [-0.15, -0.1) is 5.10 Å². The van der Waals surface area contributed by atoms with E-state index in [1.807, 2.05) is 37.2 Å². The van der Waals surface area contributed by atoms with Crippen LogP contribution in [0, 0.1) is 0 Å². The Morgan fingerprint density at radius 1 is 1.30 bits per heavy atom. The molecule has 2 aromatic rings. The van der Waals surface area contributed by atoms with Gasteiger partial charge < -0.3 is 9.64 Å². The molecule has 7 heteroatoms. The predicted molar refractivity (Wildman–Crippen MR) is 72.2 cm³/mol. The summed E-state index contributed by atoms with van der Waals surface area (Å²) in [6.07, 6.45) is 0.679. The van der Waals surface area contributed by atoms with Crippen molar-refractivity contribution in [2.24, 2.45) is 0 Å². The number of para-hydroxylation sites is 1. The van der Waals surface area contributed by atoms with E-state index < -0.39 is 5.97 Å². The lowest BCUT2D eigenvalue weighted by atomic mass is 10.3. The maximum absolute atomic E-state index is 11.8. The first-order valence-electron chi connectivity index (χ1n) is 6.30. The lowest BCUT2D eigenvalue weighted by Crippen LogP contribution is -2.22. The first-order chi connectivity index (χ1) is 9.65. The van der Waals surface area contributed by atoms with Crippen LogP contribution in [0.4, 0.5) is 0 Å². The van der Waals surface area contributed by atoms with Gasteiger partial charge in [0, 0.05) is 13.0 Å². The van der Waals surface area contributed by atoms with Gasteiger partial charge in [0.15, 0.2) is 5.82 Å². The zero-order chi connectivity index (χ0) is 14.4. The summed E-state index contributed by atoms with van der Waals surface area (Å²) < 4.78 is 6.67. The molecule has 106 valence electrons. The van der Waals surface area contributed by atoms with Crippen LogP contribution in [0.3, 0.4) is 0 Å². The van der Waals surface area contributed by atoms with Crippen molar-refractivity contribution in [3.8, 4) is 5.75 Å². The monoisotopic (exact) mass is 275 g/mol. The average molecular weight is 275 g/mol. The van der Waals surface area contributed by atoms with E-state index in [4.69, 9.17) is 4.74 Å². The number of likely N-dealkylation sites (N-methyl/N-ethyl adjacent to an activating group) is 1. The number of esters is 1. The predicted octanol–water partition coefficient (Wildman–Crippen LogP) is 0.383. The Labute approximate surface area is 117 Å². The lowest BCUT2D eigenvalue weighted by molar-refractivity contribution is -0.135. The molecule has 0 amide bonds. The molecular formula is C13H17N5O2. The third-order valence-electron chi connectivity index (χ3n) is 2.64. The molecule has 2 rings (SSSR count). The fourth-order valence-electron chi connectivity index (χ4n) is 1.62. The summed E-state index contributed by atoms with van der Waals surface area (Å²) in [4.78, 5) is 13.9. The molecule has 1 aromatic heterocycles. The van der Waals surface area contributed by atoms with Crippen molar-refractivity contribution in [3.63, 3.8) is 0 Å². The summed E-state index contributed by atoms with van der Waals surface area (Å²) in [7, 11) is 3.94. The molecule has 0 aliphatic carbocycles. The number of carbonyl (C=O) groups excluding carboxylic acids is 1. The summed E-state index contributed by atoms with van der Waals surface area (Å²) in [5.74, 6) is 0.790. The van der Waals surface area contributed by atoms with Gasteiger partial charge in [0.25, 0.3) is 0 Å². The van der Waals surface area contributed by atoms with Crippen LogP contribution >= 0.6 is 0 Å². The number of ether oxygens (including phenoxy) is 1. The third kappa shape index (κ3) is 4.13. The Morgan fingerprint density at radius 3 is 2.75 bits per heavy atom. The largest absolute Gasteiger partial charge is 0.425 e. The third-order valence-corrected chi connectivity index (χ3v) is 2.64. The van der Waals surface area contributed by atoms with E-state index in [0.717, 1.165) is 6.54 Å². The summed E-state index contributed by atoms with van der Waals surface area (Å²) in [6.45, 7) is 0.818. The molecule has 0 spiro atoms. The quantitative estimate of drug-likeness (QED) is 0.560. The molecular weight excluding hydrogens is 258 g/mol. The average Bonchev–Trinajstić information content (AvgIpc) is 2.84. The Hall–Kier alpha value is -2.28. The Morgan fingerprint density at radius 2 is 2.05 bits per heavy atom. The minimum Gasteiger partial charge on any atom is -0.425 e. The molecule has 1 aromatic carbocycles. The second-order valence-corrected chi connectivity index (χ2v) is 4.59. The van der Waals surface area contributed by atoms with Crippen molar-refractivity contribution < 1.29 is 9.53 Å². The SMILES string of the molecule is CN(C)CCc1nnnn1CC(=O)Oc1ccccc1. The van der Waals surface area contributed by atoms with Crippen molar-refractivity contribution in [2.45, 2.75) is 13.0 Å². The number of rotatable bonds is 6. The topological polar surface area (TPSA) is 73.1 Å². The zero-order valence-corrected chi connectivity index (χ0v) is 11.6. The molecule has 7 nitrogen and oxygen atoms in total. The van der Waals surface area contributed by atoms with E-state index in [1.165, 1.54) is 4.68 Å². The highest BCUT2D eigenvalue weighted by Crippen LogP contribution is 2.08. The first kappa shape index (κ1) is 14.1. The minimum atomic E-state index is -0.394. The number of tetrazole rings is 1. The molecule has 0 N–H and O–H groups in total. The van der Waals surface area contributed by atoms with E-state index in [0.29, 0.717) is 18.0 Å². The van der Waals surface area contributed by atoms with Gasteiger partial charge in [-0.25, -0.2) is 9.48 Å². The highest BCUT2D eigenvalue weighted by molar-refractivity contribution is 5.72. The first-order valence-corrected chi connectivity index (χ1v) is 6.30. The second-order valence-electron chi connectivity index (χ2n) is 4.59. The second kappa shape index (κ2) is 6.76. The van der Waals surface area contributed by atoms with Gasteiger partial charge in [-0.05, 0) is 36.7 Å². The number of hydrogen-bond acceptors (Lipinski definition) is 6. The summed E-state index contributed by atoms with van der Waals surface area (Å²) in [5, 5.41) is 11.3. The van der Waals surface area contributed by atoms with Crippen LogP contribution in [0.25, 0.3) is 0 Å². The van der Waals surface area contributed by atoms with Crippen LogP contribution in [0.5, 0.6) is 5.75 Å². The number of hydrogen-bond donors (Lipinski definition) is 0. The number of carbonyl (C=O) groups is 1. The van der Waals surface area contributed by atoms with Crippen LogP contribution in [-0.2, 0) is 17.8 Å². The maximum Gasteiger partial charge on any atom is 0.333 e. The molecule has 0 aliphatic rings. The standard InChI is InChI=1S/C13H17N5O2/c1-17(2)9-8-12-14-15-16-18(12)10-13(19)20-11-6-4-3-5-7-11/h3-7H,8-10H2,1-2H3. The fraction of sp³-hybridized carbons (Fsp3) is 0.385. The smallest absolute Gasteiger partial charge is 0.333 e. The molecule has 0 saturated heterocycles. The van der Waals surface area contributed by atoms with Crippen LogP contribution < -0.4 is 4.74 Å². The van der Waals surface area contributed by atoms with Gasteiger partial charge in [-0.1, -0.05) is 18.2 Å². The molecule has 0 aliphatic heterocycles. The highest BCUT2D eigenvalue weighted by atomic mass is 16.5. The van der Waals surface area contributed by atoms with Crippen molar-refractivity contribution >= 4 is 5.97 Å². The summed E-state index contributed by atoms with van der Waals surface area (Å²) in [5.41, 5.74) is 0. The number of nitrogens with zero attached hydrogens (tertiary/aromatic N) is 5. The summed E-state index contributed by atoms with van der Waals surface area (Å²) in [6, 6.07) is 8.93. The summed E-state index contributed by atoms with van der Waals surface area (Å²) >= 11 is 0. The van der Waals surface area contributed by atoms with Gasteiger partial charge in [0.2, 0.25) is 0 Å². The van der Waals surface area contributed by atoms with Crippen LogP contribution in [-0.4, -0.2) is 51.7 Å². The van der Waals surface area contributed by atoms with Crippen molar-refractivity contribution in [2.75, 3.05) is 20.6 Å². The molecule has 0 unspecified atom stereocenters. The van der Waals surface area contributed by atoms with Crippen molar-refractivity contribution in [1.82, 2.24) is 25.1 Å². The van der Waals surface area contributed by atoms with Crippen molar-refractivity contribution in [3.05, 3.63) is 36.2 Å². The minimum absolute atomic E-state index is 0.00462. The molecule has 0 saturated carbocycles. The lowest BCUT2D eigenvalue weighted by Gasteiger charge is -2.09. The molecule has 1 heterocycles. The van der Waals surface area contributed by atoms with E-state index in [9.17, 15) is 4.79 Å². The Bertz CT molecular complexity index is 553. The Kier molecular flexibility index (Phi) is 4.78. The van der Waals surface area contributed by atoms with Crippen LogP contribution in [0.2, 0.25) is 0 Å². The highest BCUT2D eigenvalue weighted by Gasteiger charge is 2.12. The number of benzene rings is 1. The molecule has 0 atom stereocenters. The van der Waals surface area contributed by atoms with Crippen molar-refractivity contribution in [1.29, 1.82) is 0 Å². The van der Waals surface area contributed by atoms with Crippen LogP contribution in [0.1, 0.15) is 5.82 Å². The van der Waals surface area contributed by atoms with E-state index >= 15 is 0 Å². The van der Waals surface area contributed by atoms with Gasteiger partial charge in [0.1, 0.15) is 12.3 Å². The van der Waals surface area contributed by atoms with E-state index in [2.05, 4.69) is 15.5 Å². The number of aromatic nitrogens is 4. The maximum atomic E-state index is 11.8. The van der Waals surface area contributed by atoms with E-state index in [-0.39, 0.29) is 6.54 Å². The van der Waals surface area contributed by atoms with Gasteiger partial charge >= 0.3 is 5.97 Å². The molecule has 0 fully saturated rings. The normalized spacial score (nSPS) is 10.8. The Balaban J connectivity index is 1.93. The van der Waals surface area contributed by atoms with Gasteiger partial charge in [-0.3, -0.25) is 0 Å². The van der Waals surface area contributed by atoms with Gasteiger partial charge in [-0.2, -0.15) is 0 Å². The molecule has 20 heavy (non-hydrogen) atoms. The van der Waals surface area contributed by atoms with Gasteiger partial charge in [0.05, 0.1) is 0 Å². The molecule has 0 radical (unpaired) electrons. The van der Waals surface area contributed by atoms with Crippen LogP contribution in [0.15, 0.2) is 30.3 Å². The molecule has 0 bridgehead atoms. The fourth-order valence-corrected chi connectivity index (χ4v) is 1.62.